The number of nitrogens with zero attached hydrogens (tertiary/aromatic N) is 3. The van der Waals surface area contributed by atoms with Crippen LogP contribution in [0.4, 0.5) is 5.69 Å². The Labute approximate surface area is 167 Å². The quantitative estimate of drug-likeness (QED) is 0.507. The Morgan fingerprint density at radius 1 is 0.966 bits per heavy atom. The number of carbonyl (C=O) groups excluding carboxylic acids is 1. The Bertz CT molecular complexity index is 1060. The number of carbonyl (C=O) groups is 1. The average molecular weight is 385 g/mol. The number of aromatic nitrogens is 4. The minimum absolute atomic E-state index is 0.150. The third-order valence-corrected chi connectivity index (χ3v) is 4.22. The Kier molecular flexibility index (Phi) is 5.57. The predicted molar refractivity (Wildman–Crippen MR) is 109 cm³/mol. The highest BCUT2D eigenvalue weighted by Crippen LogP contribution is 2.18. The lowest BCUT2D eigenvalue weighted by Crippen LogP contribution is -2.15. The van der Waals surface area contributed by atoms with Crippen molar-refractivity contribution in [2.75, 3.05) is 5.32 Å². The van der Waals surface area contributed by atoms with E-state index in [2.05, 4.69) is 25.3 Å². The van der Waals surface area contributed by atoms with Crippen molar-refractivity contribution in [1.29, 1.82) is 0 Å². The van der Waals surface area contributed by atoms with Crippen LogP contribution in [0.3, 0.4) is 0 Å². The Hall–Kier alpha value is -4.00. The monoisotopic (exact) mass is 385 g/mol. The van der Waals surface area contributed by atoms with Gasteiger partial charge in [0.25, 0.3) is 0 Å². The number of aromatic amines is 1. The van der Waals surface area contributed by atoms with Crippen molar-refractivity contribution in [2.24, 2.45) is 0 Å². The van der Waals surface area contributed by atoms with Crippen LogP contribution < -0.4 is 10.1 Å². The molecule has 0 saturated carbocycles. The number of ether oxygens (including phenoxy) is 1. The number of amides is 1. The van der Waals surface area contributed by atoms with Gasteiger partial charge in [0, 0.05) is 36.0 Å². The molecule has 0 aliphatic rings. The number of H-pyrrole nitrogens is 1. The van der Waals surface area contributed by atoms with Crippen molar-refractivity contribution in [3.8, 4) is 17.0 Å². The van der Waals surface area contributed by atoms with Crippen molar-refractivity contribution in [3.63, 3.8) is 0 Å². The lowest BCUT2D eigenvalue weighted by atomic mass is 10.2. The summed E-state index contributed by atoms with van der Waals surface area (Å²) in [7, 11) is 0. The number of benzene rings is 1. The van der Waals surface area contributed by atoms with E-state index in [-0.39, 0.29) is 12.3 Å². The van der Waals surface area contributed by atoms with Gasteiger partial charge in [-0.1, -0.05) is 0 Å². The summed E-state index contributed by atoms with van der Waals surface area (Å²) in [6, 6.07) is 14.9. The molecule has 0 radical (unpaired) electrons. The van der Waals surface area contributed by atoms with Gasteiger partial charge in [0.1, 0.15) is 18.2 Å². The van der Waals surface area contributed by atoms with E-state index >= 15 is 0 Å². The van der Waals surface area contributed by atoms with Crippen LogP contribution in [-0.4, -0.2) is 25.8 Å². The summed E-state index contributed by atoms with van der Waals surface area (Å²) >= 11 is 0. The van der Waals surface area contributed by atoms with Gasteiger partial charge in [0.05, 0.1) is 18.3 Å². The summed E-state index contributed by atoms with van der Waals surface area (Å²) in [5, 5.41) is 2.87. The number of anilines is 1. The first-order chi connectivity index (χ1) is 14.3. The maximum Gasteiger partial charge on any atom is 0.231 e. The maximum absolute atomic E-state index is 12.3. The molecule has 1 aromatic carbocycles. The third-order valence-electron chi connectivity index (χ3n) is 4.22. The standard InChI is InChI=1S/C22H19N5O2/c28-22(12-21-25-14-20(27-21)17-2-1-9-24-13-17)26-18-3-5-19(6-4-18)29-15-16-7-10-23-11-8-16/h1-11,13-14H,12,15H2,(H,25,27)(H,26,28). The molecule has 0 spiro atoms. The minimum atomic E-state index is -0.150. The number of nitrogens with one attached hydrogen (secondary N) is 2. The van der Waals surface area contributed by atoms with Gasteiger partial charge < -0.3 is 15.0 Å². The third kappa shape index (κ3) is 5.04. The van der Waals surface area contributed by atoms with E-state index in [0.717, 1.165) is 22.6 Å². The SMILES string of the molecule is O=C(Cc1ncc(-c2cccnc2)[nH]1)Nc1ccc(OCc2ccncc2)cc1. The van der Waals surface area contributed by atoms with Gasteiger partial charge in [0.15, 0.2) is 0 Å². The smallest absolute Gasteiger partial charge is 0.231 e. The second kappa shape index (κ2) is 8.79. The van der Waals surface area contributed by atoms with Crippen LogP contribution in [0, 0.1) is 0 Å². The lowest BCUT2D eigenvalue weighted by Gasteiger charge is -2.08. The Balaban J connectivity index is 1.30. The molecule has 7 heteroatoms. The largest absolute Gasteiger partial charge is 0.489 e. The first-order valence-corrected chi connectivity index (χ1v) is 9.12. The predicted octanol–water partition coefficient (Wildman–Crippen LogP) is 3.63. The molecule has 144 valence electrons. The van der Waals surface area contributed by atoms with Crippen LogP contribution in [0.25, 0.3) is 11.3 Å². The fourth-order valence-corrected chi connectivity index (χ4v) is 2.76. The summed E-state index contributed by atoms with van der Waals surface area (Å²) in [5.41, 5.74) is 3.50. The summed E-state index contributed by atoms with van der Waals surface area (Å²) in [6.07, 6.45) is 8.78. The lowest BCUT2D eigenvalue weighted by molar-refractivity contribution is -0.115. The van der Waals surface area contributed by atoms with E-state index in [1.165, 1.54) is 0 Å². The van der Waals surface area contributed by atoms with E-state index in [0.29, 0.717) is 18.1 Å². The van der Waals surface area contributed by atoms with Crippen LogP contribution in [0.15, 0.2) is 79.5 Å². The highest BCUT2D eigenvalue weighted by molar-refractivity contribution is 5.91. The average Bonchev–Trinajstić information content (AvgIpc) is 3.23. The second-order valence-corrected chi connectivity index (χ2v) is 6.38. The number of imidazole rings is 1. The van der Waals surface area contributed by atoms with Gasteiger partial charge in [0.2, 0.25) is 5.91 Å². The number of rotatable bonds is 7. The molecule has 7 nitrogen and oxygen atoms in total. The highest BCUT2D eigenvalue weighted by atomic mass is 16.5. The normalized spacial score (nSPS) is 10.5. The topological polar surface area (TPSA) is 92.8 Å². The molecule has 0 aliphatic heterocycles. The van der Waals surface area contributed by atoms with Gasteiger partial charge in [-0.3, -0.25) is 14.8 Å². The molecule has 1 amide bonds. The molecule has 0 fully saturated rings. The molecule has 4 rings (SSSR count). The molecule has 0 aliphatic carbocycles. The molecule has 4 aromatic rings. The molecule has 0 unspecified atom stereocenters. The fraction of sp³-hybridized carbons (Fsp3) is 0.0909. The molecule has 2 N–H and O–H groups in total. The molecule has 0 saturated heterocycles. The van der Waals surface area contributed by atoms with Gasteiger partial charge in [-0.05, 0) is 54.1 Å². The zero-order chi connectivity index (χ0) is 19.9. The van der Waals surface area contributed by atoms with Gasteiger partial charge in [-0.15, -0.1) is 0 Å². The van der Waals surface area contributed by atoms with Crippen LogP contribution in [0.2, 0.25) is 0 Å². The van der Waals surface area contributed by atoms with Crippen LogP contribution in [-0.2, 0) is 17.8 Å². The van der Waals surface area contributed by atoms with Crippen LogP contribution in [0.5, 0.6) is 5.75 Å². The molecule has 3 heterocycles. The number of hydrogen-bond acceptors (Lipinski definition) is 5. The summed E-state index contributed by atoms with van der Waals surface area (Å²) in [6.45, 7) is 0.464. The van der Waals surface area contributed by atoms with E-state index in [9.17, 15) is 4.79 Å². The molecule has 0 bridgehead atoms. The molecule has 0 atom stereocenters. The first-order valence-electron chi connectivity index (χ1n) is 9.12. The Morgan fingerprint density at radius 3 is 2.55 bits per heavy atom. The van der Waals surface area contributed by atoms with Crippen LogP contribution in [0.1, 0.15) is 11.4 Å². The van der Waals surface area contributed by atoms with E-state index in [4.69, 9.17) is 4.74 Å². The molecule has 3 aromatic heterocycles. The van der Waals surface area contributed by atoms with Crippen molar-refractivity contribution < 1.29 is 9.53 Å². The van der Waals surface area contributed by atoms with Crippen molar-refractivity contribution >= 4 is 11.6 Å². The van der Waals surface area contributed by atoms with Gasteiger partial charge in [-0.2, -0.15) is 0 Å². The van der Waals surface area contributed by atoms with Gasteiger partial charge >= 0.3 is 0 Å². The minimum Gasteiger partial charge on any atom is -0.489 e. The maximum atomic E-state index is 12.3. The number of hydrogen-bond donors (Lipinski definition) is 2. The summed E-state index contributed by atoms with van der Waals surface area (Å²) in [5.74, 6) is 1.17. The van der Waals surface area contributed by atoms with Gasteiger partial charge in [-0.25, -0.2) is 4.98 Å². The van der Waals surface area contributed by atoms with Crippen LogP contribution >= 0.6 is 0 Å². The van der Waals surface area contributed by atoms with Crippen molar-refractivity contribution in [2.45, 2.75) is 13.0 Å². The van der Waals surface area contributed by atoms with Crippen molar-refractivity contribution in [1.82, 2.24) is 19.9 Å². The zero-order valence-electron chi connectivity index (χ0n) is 15.6. The Morgan fingerprint density at radius 2 is 1.79 bits per heavy atom. The van der Waals surface area contributed by atoms with E-state index < -0.39 is 0 Å². The molecular weight excluding hydrogens is 366 g/mol. The molecule has 29 heavy (non-hydrogen) atoms. The summed E-state index contributed by atoms with van der Waals surface area (Å²) in [4.78, 5) is 27.8. The van der Waals surface area contributed by atoms with E-state index in [1.54, 1.807) is 31.0 Å². The number of pyridine rings is 2. The second-order valence-electron chi connectivity index (χ2n) is 6.38. The summed E-state index contributed by atoms with van der Waals surface area (Å²) < 4.78 is 5.73. The fourth-order valence-electron chi connectivity index (χ4n) is 2.76. The molecular formula is C22H19N5O2. The first kappa shape index (κ1) is 18.4. The van der Waals surface area contributed by atoms with Crippen molar-refractivity contribution in [3.05, 3.63) is 90.9 Å². The van der Waals surface area contributed by atoms with E-state index in [1.807, 2.05) is 48.5 Å². The zero-order valence-corrected chi connectivity index (χ0v) is 15.6. The highest BCUT2D eigenvalue weighted by Gasteiger charge is 2.09.